The Bertz CT molecular complexity index is 959. The number of unbranched alkanes of at least 4 members (excludes halogenated alkanes) is 1. The molecule has 3 N–H and O–H groups in total. The highest BCUT2D eigenvalue weighted by Gasteiger charge is 2.33. The standard InChI is InChI=1S/C20H25FN4O3/c1-2-3-12-24-17(22)16(18(26)23-20(24)28)25(15-6-4-5-7-15)19(27)13-8-10-14(21)11-9-13/h8-11,15H,2-7,12,22H2,1H3,(H,23,26,28). The van der Waals surface area contributed by atoms with E-state index in [1.54, 1.807) is 0 Å². The Morgan fingerprint density at radius 3 is 2.50 bits per heavy atom. The van der Waals surface area contributed by atoms with Crippen molar-refractivity contribution in [3.8, 4) is 0 Å². The lowest BCUT2D eigenvalue weighted by molar-refractivity contribution is 0.0976. The Labute approximate surface area is 162 Å². The van der Waals surface area contributed by atoms with Gasteiger partial charge in [-0.05, 0) is 43.5 Å². The Hall–Kier alpha value is -2.90. The molecular formula is C20H25FN4O3. The minimum atomic E-state index is -0.683. The zero-order chi connectivity index (χ0) is 20.3. The number of anilines is 2. The van der Waals surface area contributed by atoms with Gasteiger partial charge in [-0.1, -0.05) is 26.2 Å². The highest BCUT2D eigenvalue weighted by atomic mass is 19.1. The third-order valence-corrected chi connectivity index (χ3v) is 5.19. The molecule has 0 aliphatic heterocycles. The van der Waals surface area contributed by atoms with Crippen molar-refractivity contribution in [3.63, 3.8) is 0 Å². The van der Waals surface area contributed by atoms with Crippen LogP contribution in [0, 0.1) is 5.82 Å². The number of aromatic nitrogens is 2. The minimum absolute atomic E-state index is 0.00284. The molecule has 7 nitrogen and oxygen atoms in total. The summed E-state index contributed by atoms with van der Waals surface area (Å²) < 4.78 is 14.6. The number of amides is 1. The molecule has 0 radical (unpaired) electrons. The van der Waals surface area contributed by atoms with Gasteiger partial charge in [-0.2, -0.15) is 0 Å². The average Bonchev–Trinajstić information content (AvgIpc) is 3.19. The number of benzene rings is 1. The Morgan fingerprint density at radius 1 is 1.25 bits per heavy atom. The van der Waals surface area contributed by atoms with Crippen molar-refractivity contribution in [2.75, 3.05) is 10.6 Å². The number of carbonyl (C=O) groups is 1. The minimum Gasteiger partial charge on any atom is -0.383 e. The summed E-state index contributed by atoms with van der Waals surface area (Å²) in [4.78, 5) is 41.9. The quantitative estimate of drug-likeness (QED) is 0.794. The maximum absolute atomic E-state index is 13.3. The highest BCUT2D eigenvalue weighted by Crippen LogP contribution is 2.30. The van der Waals surface area contributed by atoms with Crippen LogP contribution in [0.1, 0.15) is 55.8 Å². The smallest absolute Gasteiger partial charge is 0.330 e. The topological polar surface area (TPSA) is 101 Å². The van der Waals surface area contributed by atoms with Crippen molar-refractivity contribution in [2.45, 2.75) is 58.0 Å². The number of H-pyrrole nitrogens is 1. The molecule has 0 atom stereocenters. The van der Waals surface area contributed by atoms with E-state index in [1.165, 1.54) is 33.7 Å². The van der Waals surface area contributed by atoms with Gasteiger partial charge < -0.3 is 5.73 Å². The summed E-state index contributed by atoms with van der Waals surface area (Å²) in [6, 6.07) is 4.98. The van der Waals surface area contributed by atoms with Gasteiger partial charge in [0.25, 0.3) is 11.5 Å². The summed E-state index contributed by atoms with van der Waals surface area (Å²) in [5.74, 6) is -0.885. The molecule has 2 aromatic rings. The number of halogens is 1. The molecule has 0 saturated heterocycles. The van der Waals surface area contributed by atoms with E-state index in [2.05, 4.69) is 4.98 Å². The van der Waals surface area contributed by atoms with Gasteiger partial charge in [-0.3, -0.25) is 24.0 Å². The van der Waals surface area contributed by atoms with Gasteiger partial charge in [0.1, 0.15) is 11.6 Å². The molecule has 1 aliphatic carbocycles. The number of nitrogens with zero attached hydrogens (tertiary/aromatic N) is 2. The Balaban J connectivity index is 2.13. The van der Waals surface area contributed by atoms with Crippen molar-refractivity contribution >= 4 is 17.4 Å². The second-order valence-electron chi connectivity index (χ2n) is 7.12. The fraction of sp³-hybridized carbons (Fsp3) is 0.450. The number of hydrogen-bond acceptors (Lipinski definition) is 4. The predicted molar refractivity (Wildman–Crippen MR) is 106 cm³/mol. The Morgan fingerprint density at radius 2 is 1.89 bits per heavy atom. The second kappa shape index (κ2) is 8.41. The maximum Gasteiger partial charge on any atom is 0.330 e. The van der Waals surface area contributed by atoms with Crippen LogP contribution in [-0.4, -0.2) is 21.5 Å². The monoisotopic (exact) mass is 388 g/mol. The van der Waals surface area contributed by atoms with Crippen LogP contribution in [0.15, 0.2) is 33.9 Å². The number of nitrogens with one attached hydrogen (secondary N) is 1. The zero-order valence-corrected chi connectivity index (χ0v) is 15.9. The van der Waals surface area contributed by atoms with Crippen LogP contribution < -0.4 is 21.9 Å². The van der Waals surface area contributed by atoms with E-state index in [9.17, 15) is 18.8 Å². The fourth-order valence-corrected chi connectivity index (χ4v) is 3.69. The van der Waals surface area contributed by atoms with Crippen molar-refractivity contribution < 1.29 is 9.18 Å². The van der Waals surface area contributed by atoms with E-state index in [0.717, 1.165) is 32.1 Å². The molecule has 3 rings (SSSR count). The molecule has 1 aromatic heterocycles. The van der Waals surface area contributed by atoms with Gasteiger partial charge in [0, 0.05) is 18.2 Å². The average molecular weight is 388 g/mol. The molecule has 1 fully saturated rings. The van der Waals surface area contributed by atoms with Gasteiger partial charge in [0.15, 0.2) is 5.69 Å². The molecule has 1 aromatic carbocycles. The van der Waals surface area contributed by atoms with Crippen molar-refractivity contribution in [3.05, 3.63) is 56.5 Å². The van der Waals surface area contributed by atoms with Crippen LogP contribution in [0.2, 0.25) is 0 Å². The molecule has 0 bridgehead atoms. The summed E-state index contributed by atoms with van der Waals surface area (Å²) >= 11 is 0. The molecule has 1 saturated carbocycles. The lowest BCUT2D eigenvalue weighted by atomic mass is 10.1. The number of aromatic amines is 1. The van der Waals surface area contributed by atoms with Crippen LogP contribution >= 0.6 is 0 Å². The van der Waals surface area contributed by atoms with Crippen molar-refractivity contribution in [2.24, 2.45) is 0 Å². The van der Waals surface area contributed by atoms with Crippen LogP contribution in [0.3, 0.4) is 0 Å². The van der Waals surface area contributed by atoms with Crippen LogP contribution in [-0.2, 0) is 6.54 Å². The summed E-state index contributed by atoms with van der Waals surface area (Å²) in [7, 11) is 0. The van der Waals surface area contributed by atoms with Crippen LogP contribution in [0.4, 0.5) is 15.9 Å². The molecule has 28 heavy (non-hydrogen) atoms. The summed E-state index contributed by atoms with van der Waals surface area (Å²) in [6.45, 7) is 2.34. The van der Waals surface area contributed by atoms with Crippen LogP contribution in [0.25, 0.3) is 0 Å². The van der Waals surface area contributed by atoms with Crippen molar-refractivity contribution in [1.29, 1.82) is 0 Å². The van der Waals surface area contributed by atoms with E-state index in [0.29, 0.717) is 13.0 Å². The molecule has 8 heteroatoms. The maximum atomic E-state index is 13.3. The number of rotatable bonds is 6. The van der Waals surface area contributed by atoms with Crippen LogP contribution in [0.5, 0.6) is 0 Å². The van der Waals surface area contributed by atoms with Gasteiger partial charge in [0.2, 0.25) is 0 Å². The number of hydrogen-bond donors (Lipinski definition) is 2. The number of nitrogen functional groups attached to an aromatic ring is 1. The first-order valence-electron chi connectivity index (χ1n) is 9.65. The fourth-order valence-electron chi connectivity index (χ4n) is 3.69. The second-order valence-corrected chi connectivity index (χ2v) is 7.12. The van der Waals surface area contributed by atoms with E-state index < -0.39 is 23.0 Å². The predicted octanol–water partition coefficient (Wildman–Crippen LogP) is 2.65. The zero-order valence-electron chi connectivity index (χ0n) is 15.9. The first-order valence-corrected chi connectivity index (χ1v) is 9.65. The van der Waals surface area contributed by atoms with Gasteiger partial charge in [0.05, 0.1) is 0 Å². The molecule has 150 valence electrons. The first-order chi connectivity index (χ1) is 13.4. The molecule has 1 aliphatic rings. The molecule has 1 heterocycles. The largest absolute Gasteiger partial charge is 0.383 e. The summed E-state index contributed by atoms with van der Waals surface area (Å²) in [6.07, 6.45) is 4.90. The number of nitrogens with two attached hydrogens (primary N) is 1. The van der Waals surface area contributed by atoms with Gasteiger partial charge in [-0.15, -0.1) is 0 Å². The molecular weight excluding hydrogens is 363 g/mol. The first kappa shape index (κ1) is 19.9. The lowest BCUT2D eigenvalue weighted by Gasteiger charge is -2.30. The van der Waals surface area contributed by atoms with E-state index >= 15 is 0 Å². The Kier molecular flexibility index (Phi) is 5.96. The van der Waals surface area contributed by atoms with Crippen molar-refractivity contribution in [1.82, 2.24) is 9.55 Å². The van der Waals surface area contributed by atoms with Gasteiger partial charge in [-0.25, -0.2) is 9.18 Å². The normalized spacial score (nSPS) is 14.4. The SMILES string of the molecule is CCCCn1c(N)c(N(C(=O)c2ccc(F)cc2)C2CCCC2)c(=O)[nH]c1=O. The van der Waals surface area contributed by atoms with E-state index in [4.69, 9.17) is 5.73 Å². The summed E-state index contributed by atoms with van der Waals surface area (Å²) in [5.41, 5.74) is 5.22. The summed E-state index contributed by atoms with van der Waals surface area (Å²) in [5, 5.41) is 0. The van der Waals surface area contributed by atoms with Gasteiger partial charge >= 0.3 is 5.69 Å². The molecule has 0 unspecified atom stereocenters. The number of carbonyl (C=O) groups excluding carboxylic acids is 1. The highest BCUT2D eigenvalue weighted by molar-refractivity contribution is 6.07. The third-order valence-electron chi connectivity index (χ3n) is 5.19. The molecule has 0 spiro atoms. The third kappa shape index (κ3) is 3.85. The van der Waals surface area contributed by atoms with E-state index in [-0.39, 0.29) is 23.1 Å². The van der Waals surface area contributed by atoms with E-state index in [1.807, 2.05) is 6.92 Å². The lowest BCUT2D eigenvalue weighted by Crippen LogP contribution is -2.45. The molecule has 1 amide bonds.